The van der Waals surface area contributed by atoms with Gasteiger partial charge in [-0.2, -0.15) is 0 Å². The number of hydrogen-bond donors (Lipinski definition) is 2. The highest BCUT2D eigenvalue weighted by Gasteiger charge is 2.24. The van der Waals surface area contributed by atoms with E-state index in [1.807, 2.05) is 38.1 Å². The number of benzene rings is 1. The average molecular weight is 345 g/mol. The zero-order valence-electron chi connectivity index (χ0n) is 14.8. The van der Waals surface area contributed by atoms with Gasteiger partial charge in [-0.25, -0.2) is 4.79 Å². The third kappa shape index (κ3) is 4.21. The second kappa shape index (κ2) is 7.88. The zero-order valence-corrected chi connectivity index (χ0v) is 14.8. The van der Waals surface area contributed by atoms with Crippen molar-refractivity contribution in [1.82, 2.24) is 5.32 Å². The van der Waals surface area contributed by atoms with Crippen LogP contribution >= 0.6 is 0 Å². The molecule has 2 rings (SSSR count). The maximum absolute atomic E-state index is 12.5. The molecule has 0 aliphatic rings. The van der Waals surface area contributed by atoms with Gasteiger partial charge in [0.15, 0.2) is 5.76 Å². The fraction of sp³-hybridized carbons (Fsp3) is 0.368. The van der Waals surface area contributed by atoms with Gasteiger partial charge in [0.1, 0.15) is 17.1 Å². The molecular formula is C19H23NO5. The molecule has 25 heavy (non-hydrogen) atoms. The Morgan fingerprint density at radius 2 is 1.88 bits per heavy atom. The Balaban J connectivity index is 2.24. The van der Waals surface area contributed by atoms with Crippen molar-refractivity contribution in [3.05, 3.63) is 53.0 Å². The topological polar surface area (TPSA) is 88.8 Å². The van der Waals surface area contributed by atoms with Gasteiger partial charge in [0, 0.05) is 12.5 Å². The molecule has 0 bridgehead atoms. The van der Waals surface area contributed by atoms with Gasteiger partial charge in [-0.1, -0.05) is 32.9 Å². The van der Waals surface area contributed by atoms with Gasteiger partial charge in [0.2, 0.25) is 0 Å². The number of methoxy groups -OCH3 is 1. The number of furan rings is 1. The van der Waals surface area contributed by atoms with E-state index in [4.69, 9.17) is 9.15 Å². The number of carbonyl (C=O) groups is 2. The van der Waals surface area contributed by atoms with E-state index in [0.29, 0.717) is 12.2 Å². The van der Waals surface area contributed by atoms with Crippen LogP contribution in [0.3, 0.4) is 0 Å². The van der Waals surface area contributed by atoms with E-state index < -0.39 is 11.9 Å². The molecule has 1 heterocycles. The number of nitrogens with one attached hydrogen (secondary N) is 1. The molecule has 0 aliphatic carbocycles. The smallest absolute Gasteiger partial charge is 0.339 e. The second-order valence-corrected chi connectivity index (χ2v) is 6.07. The van der Waals surface area contributed by atoms with Crippen molar-refractivity contribution in [2.24, 2.45) is 5.92 Å². The number of carbonyl (C=O) groups excluding carboxylic acids is 1. The van der Waals surface area contributed by atoms with Gasteiger partial charge in [0.05, 0.1) is 13.2 Å². The summed E-state index contributed by atoms with van der Waals surface area (Å²) in [5, 5.41) is 12.1. The lowest BCUT2D eigenvalue weighted by molar-refractivity contribution is 0.0694. The van der Waals surface area contributed by atoms with Crippen LogP contribution in [0.2, 0.25) is 0 Å². The molecule has 0 aliphatic heterocycles. The molecule has 1 atom stereocenters. The second-order valence-electron chi connectivity index (χ2n) is 6.07. The van der Waals surface area contributed by atoms with Crippen molar-refractivity contribution in [2.45, 2.75) is 33.2 Å². The number of rotatable bonds is 7. The van der Waals surface area contributed by atoms with E-state index in [0.717, 1.165) is 11.3 Å². The van der Waals surface area contributed by atoms with Crippen LogP contribution in [0, 0.1) is 5.92 Å². The molecule has 134 valence electrons. The Morgan fingerprint density at radius 1 is 1.24 bits per heavy atom. The number of carboxylic acids is 1. The van der Waals surface area contributed by atoms with Crippen molar-refractivity contribution in [1.29, 1.82) is 0 Å². The predicted molar refractivity (Wildman–Crippen MR) is 93.1 cm³/mol. The van der Waals surface area contributed by atoms with Crippen LogP contribution in [0.15, 0.2) is 34.7 Å². The number of ether oxygens (including phenoxy) is 1. The Labute approximate surface area is 146 Å². The molecule has 0 saturated heterocycles. The lowest BCUT2D eigenvalue weighted by Crippen LogP contribution is -2.31. The molecule has 1 unspecified atom stereocenters. The molecule has 2 N–H and O–H groups in total. The Bertz CT molecular complexity index is 746. The minimum Gasteiger partial charge on any atom is -0.497 e. The van der Waals surface area contributed by atoms with Crippen LogP contribution in [0.5, 0.6) is 5.75 Å². The van der Waals surface area contributed by atoms with E-state index in [1.165, 1.54) is 6.07 Å². The molecule has 2 aromatic rings. The predicted octanol–water partition coefficient (Wildman–Crippen LogP) is 3.68. The van der Waals surface area contributed by atoms with E-state index in [2.05, 4.69) is 5.32 Å². The summed E-state index contributed by atoms with van der Waals surface area (Å²) >= 11 is 0. The largest absolute Gasteiger partial charge is 0.497 e. The van der Waals surface area contributed by atoms with Crippen LogP contribution in [0.4, 0.5) is 0 Å². The maximum Gasteiger partial charge on any atom is 0.339 e. The molecule has 0 radical (unpaired) electrons. The third-order valence-electron chi connectivity index (χ3n) is 4.01. The number of hydrogen-bond acceptors (Lipinski definition) is 4. The van der Waals surface area contributed by atoms with Crippen molar-refractivity contribution < 1.29 is 23.8 Å². The number of aryl methyl sites for hydroxylation is 1. The van der Waals surface area contributed by atoms with Crippen molar-refractivity contribution in [2.75, 3.05) is 7.11 Å². The highest BCUT2D eigenvalue weighted by molar-refractivity contribution is 5.96. The van der Waals surface area contributed by atoms with Crippen LogP contribution in [0.25, 0.3) is 0 Å². The van der Waals surface area contributed by atoms with Crippen LogP contribution in [-0.4, -0.2) is 24.1 Å². The summed E-state index contributed by atoms with van der Waals surface area (Å²) in [6, 6.07) is 8.50. The first kappa shape index (κ1) is 18.6. The van der Waals surface area contributed by atoms with E-state index in [9.17, 15) is 14.7 Å². The van der Waals surface area contributed by atoms with Crippen molar-refractivity contribution in [3.63, 3.8) is 0 Å². The first-order valence-corrected chi connectivity index (χ1v) is 8.18. The van der Waals surface area contributed by atoms with Gasteiger partial charge >= 0.3 is 5.97 Å². The summed E-state index contributed by atoms with van der Waals surface area (Å²) in [5.41, 5.74) is 0.961. The normalized spacial score (nSPS) is 12.0. The molecular weight excluding hydrogens is 322 g/mol. The van der Waals surface area contributed by atoms with Gasteiger partial charge in [0.25, 0.3) is 5.91 Å². The standard InChI is InChI=1S/C19H23NO5/c1-5-15-14(19(22)23)10-16(25-15)18(21)20-17(11(2)3)12-6-8-13(24-4)9-7-12/h6-11,17H,5H2,1-4H3,(H,20,21)(H,22,23). The highest BCUT2D eigenvalue weighted by atomic mass is 16.5. The molecule has 6 nitrogen and oxygen atoms in total. The maximum atomic E-state index is 12.5. The molecule has 0 saturated carbocycles. The van der Waals surface area contributed by atoms with Crippen LogP contribution in [-0.2, 0) is 6.42 Å². The number of aromatic carboxylic acids is 1. The molecule has 1 aromatic carbocycles. The number of amides is 1. The van der Waals surface area contributed by atoms with E-state index in [1.54, 1.807) is 14.0 Å². The summed E-state index contributed by atoms with van der Waals surface area (Å²) in [6.45, 7) is 5.77. The molecule has 0 fully saturated rings. The lowest BCUT2D eigenvalue weighted by atomic mass is 9.96. The Kier molecular flexibility index (Phi) is 5.85. The molecule has 1 amide bonds. The quantitative estimate of drug-likeness (QED) is 0.799. The average Bonchev–Trinajstić information content (AvgIpc) is 3.04. The minimum atomic E-state index is -1.10. The molecule has 0 spiro atoms. The fourth-order valence-electron chi connectivity index (χ4n) is 2.64. The van der Waals surface area contributed by atoms with Gasteiger partial charge in [-0.15, -0.1) is 0 Å². The van der Waals surface area contributed by atoms with E-state index in [-0.39, 0.29) is 23.3 Å². The molecule has 1 aromatic heterocycles. The summed E-state index contributed by atoms with van der Waals surface area (Å²) in [6.07, 6.45) is 0.404. The highest BCUT2D eigenvalue weighted by Crippen LogP contribution is 2.25. The van der Waals surface area contributed by atoms with Crippen LogP contribution < -0.4 is 10.1 Å². The van der Waals surface area contributed by atoms with Gasteiger partial charge < -0.3 is 19.6 Å². The van der Waals surface area contributed by atoms with E-state index >= 15 is 0 Å². The summed E-state index contributed by atoms with van der Waals surface area (Å²) < 4.78 is 10.6. The number of carboxylic acid groups (broad SMARTS) is 1. The first-order chi connectivity index (χ1) is 11.9. The van der Waals surface area contributed by atoms with Crippen molar-refractivity contribution in [3.8, 4) is 5.75 Å². The zero-order chi connectivity index (χ0) is 18.6. The summed E-state index contributed by atoms with van der Waals surface area (Å²) in [7, 11) is 1.60. The summed E-state index contributed by atoms with van der Waals surface area (Å²) in [4.78, 5) is 23.8. The first-order valence-electron chi connectivity index (χ1n) is 8.18. The third-order valence-corrected chi connectivity index (χ3v) is 4.01. The molecule has 6 heteroatoms. The summed E-state index contributed by atoms with van der Waals surface area (Å²) in [5.74, 6) is -0.359. The Morgan fingerprint density at radius 3 is 2.32 bits per heavy atom. The van der Waals surface area contributed by atoms with Gasteiger partial charge in [-0.3, -0.25) is 4.79 Å². The van der Waals surface area contributed by atoms with Gasteiger partial charge in [-0.05, 0) is 23.6 Å². The van der Waals surface area contributed by atoms with Crippen molar-refractivity contribution >= 4 is 11.9 Å². The SMILES string of the molecule is CCc1oc(C(=O)NC(c2ccc(OC)cc2)C(C)C)cc1C(=O)O. The Hall–Kier alpha value is -2.76. The fourth-order valence-corrected chi connectivity index (χ4v) is 2.64. The van der Waals surface area contributed by atoms with Crippen LogP contribution in [0.1, 0.15) is 59.0 Å². The lowest BCUT2D eigenvalue weighted by Gasteiger charge is -2.22. The minimum absolute atomic E-state index is 0.00779. The monoisotopic (exact) mass is 345 g/mol.